The number of aliphatic hydroxyl groups is 1. The molecule has 0 bridgehead atoms. The summed E-state index contributed by atoms with van der Waals surface area (Å²) in [5.74, 6) is 0. The largest absolute Gasteiger partial charge is 0.446 e. The Morgan fingerprint density at radius 2 is 1.91 bits per heavy atom. The summed E-state index contributed by atoms with van der Waals surface area (Å²) in [6.07, 6.45) is -0.0198. The van der Waals surface area contributed by atoms with Crippen molar-refractivity contribution in [2.75, 3.05) is 12.3 Å². The van der Waals surface area contributed by atoms with Crippen LogP contribution in [0.3, 0.4) is 0 Å². The van der Waals surface area contributed by atoms with Crippen LogP contribution >= 0.6 is 11.6 Å². The highest BCUT2D eigenvalue weighted by molar-refractivity contribution is 6.30. The maximum Gasteiger partial charge on any atom is 0.404 e. The van der Waals surface area contributed by atoms with Crippen LogP contribution in [0.5, 0.6) is 0 Å². The fraction of sp³-hybridized carbons (Fsp3) is 0.235. The lowest BCUT2D eigenvalue weighted by atomic mass is 9.88. The van der Waals surface area contributed by atoms with Gasteiger partial charge in [-0.25, -0.2) is 4.79 Å². The second-order valence-corrected chi connectivity index (χ2v) is 5.83. The molecular weight excluding hydrogens is 316 g/mol. The number of benzene rings is 2. The number of hydrogen-bond acceptors (Lipinski definition) is 4. The van der Waals surface area contributed by atoms with Gasteiger partial charge in [-0.15, -0.1) is 0 Å². The second kappa shape index (κ2) is 7.35. The van der Waals surface area contributed by atoms with Crippen LogP contribution in [-0.4, -0.2) is 17.8 Å². The molecule has 122 valence electrons. The van der Waals surface area contributed by atoms with Crippen LogP contribution in [0.4, 0.5) is 10.5 Å². The molecule has 0 fully saturated rings. The number of nitrogens with two attached hydrogens (primary N) is 2. The number of ether oxygens (including phenoxy) is 1. The Labute approximate surface area is 139 Å². The van der Waals surface area contributed by atoms with Gasteiger partial charge in [-0.3, -0.25) is 0 Å². The molecule has 0 aliphatic carbocycles. The number of amides is 1. The molecule has 0 spiro atoms. The molecule has 0 aliphatic heterocycles. The minimum atomic E-state index is -1.37. The van der Waals surface area contributed by atoms with Gasteiger partial charge in [0.15, 0.2) is 0 Å². The zero-order valence-electron chi connectivity index (χ0n) is 12.5. The quantitative estimate of drug-likeness (QED) is 0.707. The number of anilines is 1. The molecule has 0 aromatic heterocycles. The van der Waals surface area contributed by atoms with Crippen molar-refractivity contribution in [3.63, 3.8) is 0 Å². The molecule has 2 aromatic rings. The molecule has 0 aliphatic rings. The smallest absolute Gasteiger partial charge is 0.404 e. The first kappa shape index (κ1) is 17.1. The van der Waals surface area contributed by atoms with Crippen LogP contribution in [0.25, 0.3) is 0 Å². The van der Waals surface area contributed by atoms with Crippen molar-refractivity contribution in [2.45, 2.75) is 18.4 Å². The summed E-state index contributed by atoms with van der Waals surface area (Å²) in [7, 11) is 0. The van der Waals surface area contributed by atoms with Gasteiger partial charge in [0, 0.05) is 10.7 Å². The van der Waals surface area contributed by atoms with Crippen molar-refractivity contribution in [3.05, 3.63) is 64.7 Å². The topological polar surface area (TPSA) is 98.6 Å². The van der Waals surface area contributed by atoms with Gasteiger partial charge in [-0.05, 0) is 48.2 Å². The van der Waals surface area contributed by atoms with E-state index >= 15 is 0 Å². The molecule has 1 atom stereocenters. The normalized spacial score (nSPS) is 13.3. The van der Waals surface area contributed by atoms with Gasteiger partial charge in [0.05, 0.1) is 0 Å². The van der Waals surface area contributed by atoms with Gasteiger partial charge in [0.1, 0.15) is 12.2 Å². The molecule has 5 nitrogen and oxygen atoms in total. The third-order valence-electron chi connectivity index (χ3n) is 3.62. The van der Waals surface area contributed by atoms with E-state index in [1.165, 1.54) is 0 Å². The number of nitrogen functional groups attached to an aromatic ring is 1. The van der Waals surface area contributed by atoms with Crippen molar-refractivity contribution in [1.82, 2.24) is 0 Å². The van der Waals surface area contributed by atoms with E-state index in [4.69, 9.17) is 27.8 Å². The lowest BCUT2D eigenvalue weighted by Gasteiger charge is -2.28. The SMILES string of the molecule is NC(=O)OC[C@@](O)(CCc1ccc(N)cc1)c1cccc(Cl)c1. The predicted molar refractivity (Wildman–Crippen MR) is 90.1 cm³/mol. The van der Waals surface area contributed by atoms with E-state index in [1.54, 1.807) is 36.4 Å². The molecule has 6 heteroatoms. The minimum absolute atomic E-state index is 0.238. The first-order valence-corrected chi connectivity index (χ1v) is 7.52. The number of carbonyl (C=O) groups excluding carboxylic acids is 1. The van der Waals surface area contributed by atoms with Gasteiger partial charge in [-0.2, -0.15) is 0 Å². The van der Waals surface area contributed by atoms with Crippen molar-refractivity contribution in [1.29, 1.82) is 0 Å². The van der Waals surface area contributed by atoms with Crippen LogP contribution in [0.2, 0.25) is 5.02 Å². The van der Waals surface area contributed by atoms with E-state index in [0.29, 0.717) is 29.1 Å². The average molecular weight is 335 g/mol. The summed E-state index contributed by atoms with van der Waals surface area (Å²) in [6.45, 7) is -0.238. The number of rotatable bonds is 6. The van der Waals surface area contributed by atoms with Crippen molar-refractivity contribution in [3.8, 4) is 0 Å². The second-order valence-electron chi connectivity index (χ2n) is 5.39. The first-order chi connectivity index (χ1) is 10.9. The molecule has 2 rings (SSSR count). The standard InChI is InChI=1S/C17H19ClN2O3/c18-14-3-1-2-13(10-14)17(22,11-23-16(20)21)9-8-12-4-6-15(19)7-5-12/h1-7,10,22H,8-9,11,19H2,(H2,20,21)/t17-/m0/s1. The molecule has 0 unspecified atom stereocenters. The summed E-state index contributed by atoms with van der Waals surface area (Å²) >= 11 is 5.99. The summed E-state index contributed by atoms with van der Waals surface area (Å²) in [5.41, 5.74) is 11.6. The van der Waals surface area contributed by atoms with Gasteiger partial charge in [0.25, 0.3) is 0 Å². The molecule has 5 N–H and O–H groups in total. The fourth-order valence-corrected chi connectivity index (χ4v) is 2.49. The highest BCUT2D eigenvalue weighted by Crippen LogP contribution is 2.29. The van der Waals surface area contributed by atoms with Crippen molar-refractivity contribution in [2.24, 2.45) is 5.73 Å². The molecule has 0 saturated heterocycles. The Bertz CT molecular complexity index is 676. The molecule has 0 heterocycles. The monoisotopic (exact) mass is 334 g/mol. The zero-order chi connectivity index (χ0) is 16.9. The number of aryl methyl sites for hydroxylation is 1. The van der Waals surface area contributed by atoms with E-state index < -0.39 is 11.7 Å². The number of halogens is 1. The van der Waals surface area contributed by atoms with Gasteiger partial charge in [-0.1, -0.05) is 35.9 Å². The highest BCUT2D eigenvalue weighted by atomic mass is 35.5. The Balaban J connectivity index is 2.18. The molecule has 1 amide bonds. The first-order valence-electron chi connectivity index (χ1n) is 7.14. The van der Waals surface area contributed by atoms with E-state index in [-0.39, 0.29) is 6.61 Å². The maximum atomic E-state index is 11.0. The van der Waals surface area contributed by atoms with Gasteiger partial charge in [0.2, 0.25) is 0 Å². The van der Waals surface area contributed by atoms with Crippen LogP contribution < -0.4 is 11.5 Å². The zero-order valence-corrected chi connectivity index (χ0v) is 13.3. The van der Waals surface area contributed by atoms with E-state index in [2.05, 4.69) is 0 Å². The number of hydrogen-bond donors (Lipinski definition) is 3. The average Bonchev–Trinajstić information content (AvgIpc) is 2.52. The maximum absolute atomic E-state index is 11.0. The van der Waals surface area contributed by atoms with Crippen LogP contribution in [0.1, 0.15) is 17.5 Å². The third kappa shape index (κ3) is 4.87. The van der Waals surface area contributed by atoms with Gasteiger partial charge >= 0.3 is 6.09 Å². The molecule has 23 heavy (non-hydrogen) atoms. The van der Waals surface area contributed by atoms with Crippen molar-refractivity contribution < 1.29 is 14.6 Å². The summed E-state index contributed by atoms with van der Waals surface area (Å²) in [6, 6.07) is 14.2. The van der Waals surface area contributed by atoms with E-state index in [9.17, 15) is 9.90 Å². The summed E-state index contributed by atoms with van der Waals surface area (Å²) in [4.78, 5) is 10.9. The lowest BCUT2D eigenvalue weighted by Crippen LogP contribution is -2.34. The molecule has 2 aromatic carbocycles. The lowest BCUT2D eigenvalue weighted by molar-refractivity contribution is -0.0307. The minimum Gasteiger partial charge on any atom is -0.446 e. The Kier molecular flexibility index (Phi) is 5.47. The fourth-order valence-electron chi connectivity index (χ4n) is 2.30. The number of carbonyl (C=O) groups is 1. The predicted octanol–water partition coefficient (Wildman–Crippen LogP) is 2.84. The van der Waals surface area contributed by atoms with Crippen molar-refractivity contribution >= 4 is 23.4 Å². The number of primary amides is 1. The van der Waals surface area contributed by atoms with Crippen LogP contribution in [0, 0.1) is 0 Å². The molecule has 0 saturated carbocycles. The molecular formula is C17H19ClN2O3. The Hall–Kier alpha value is -2.24. The van der Waals surface area contributed by atoms with Crippen LogP contribution in [-0.2, 0) is 16.8 Å². The summed E-state index contributed by atoms with van der Waals surface area (Å²) < 4.78 is 4.83. The van der Waals surface area contributed by atoms with E-state index in [0.717, 1.165) is 5.56 Å². The Morgan fingerprint density at radius 1 is 1.22 bits per heavy atom. The third-order valence-corrected chi connectivity index (χ3v) is 3.86. The highest BCUT2D eigenvalue weighted by Gasteiger charge is 2.31. The van der Waals surface area contributed by atoms with E-state index in [1.807, 2.05) is 12.1 Å². The summed E-state index contributed by atoms with van der Waals surface area (Å²) in [5, 5.41) is 11.4. The Morgan fingerprint density at radius 3 is 2.52 bits per heavy atom. The van der Waals surface area contributed by atoms with Gasteiger partial charge < -0.3 is 21.3 Å². The molecule has 0 radical (unpaired) electrons. The van der Waals surface area contributed by atoms with Crippen LogP contribution in [0.15, 0.2) is 48.5 Å².